The molecular formula is C21H22N2O4S2. The van der Waals surface area contributed by atoms with Gasteiger partial charge in [-0.15, -0.1) is 0 Å². The van der Waals surface area contributed by atoms with Crippen LogP contribution in [0.5, 0.6) is 0 Å². The SMILES string of the molecule is Cc1ccc(C)c(S(=O)(=O)Nc2cccc(S(=O)(=O)N(C)c3ccccc3)c2)c1. The molecule has 1 N–H and O–H groups in total. The first-order chi connectivity index (χ1) is 13.6. The Morgan fingerprint density at radius 1 is 0.793 bits per heavy atom. The molecule has 3 aromatic rings. The van der Waals surface area contributed by atoms with Crippen LogP contribution in [0.25, 0.3) is 0 Å². The molecule has 0 aliphatic rings. The molecule has 3 aromatic carbocycles. The first-order valence-electron chi connectivity index (χ1n) is 8.85. The normalized spacial score (nSPS) is 11.8. The summed E-state index contributed by atoms with van der Waals surface area (Å²) in [5.41, 5.74) is 2.11. The number of hydrogen-bond donors (Lipinski definition) is 1. The van der Waals surface area contributed by atoms with Gasteiger partial charge in [0.25, 0.3) is 20.0 Å². The highest BCUT2D eigenvalue weighted by Crippen LogP contribution is 2.25. The van der Waals surface area contributed by atoms with Crippen molar-refractivity contribution in [2.24, 2.45) is 0 Å². The molecule has 0 unspecified atom stereocenters. The van der Waals surface area contributed by atoms with Crippen LogP contribution in [0.15, 0.2) is 82.6 Å². The van der Waals surface area contributed by atoms with Gasteiger partial charge in [0, 0.05) is 7.05 Å². The second-order valence-corrected chi connectivity index (χ2v) is 10.3. The predicted molar refractivity (Wildman–Crippen MR) is 115 cm³/mol. The lowest BCUT2D eigenvalue weighted by atomic mass is 10.2. The Bertz CT molecular complexity index is 1240. The number of hydrogen-bond acceptors (Lipinski definition) is 4. The summed E-state index contributed by atoms with van der Waals surface area (Å²) in [7, 11) is -6.25. The molecule has 0 bridgehead atoms. The minimum atomic E-state index is -3.86. The predicted octanol–water partition coefficient (Wildman–Crippen LogP) is 3.93. The first-order valence-corrected chi connectivity index (χ1v) is 11.8. The highest BCUT2D eigenvalue weighted by Gasteiger charge is 2.23. The van der Waals surface area contributed by atoms with Crippen LogP contribution in [0.3, 0.4) is 0 Å². The average molecular weight is 431 g/mol. The van der Waals surface area contributed by atoms with E-state index in [-0.39, 0.29) is 15.5 Å². The molecule has 6 nitrogen and oxygen atoms in total. The number of nitrogens with one attached hydrogen (secondary N) is 1. The van der Waals surface area contributed by atoms with Crippen molar-refractivity contribution in [3.8, 4) is 0 Å². The third-order valence-electron chi connectivity index (χ3n) is 4.50. The number of nitrogens with zero attached hydrogens (tertiary/aromatic N) is 1. The molecule has 0 saturated carbocycles. The summed E-state index contributed by atoms with van der Waals surface area (Å²) in [5.74, 6) is 0. The largest absolute Gasteiger partial charge is 0.280 e. The molecule has 0 aliphatic carbocycles. The van der Waals surface area contributed by atoms with Gasteiger partial charge in [0.2, 0.25) is 0 Å². The second kappa shape index (κ2) is 7.88. The summed E-state index contributed by atoms with van der Waals surface area (Å²) in [6, 6.07) is 19.6. The number of rotatable bonds is 6. The van der Waals surface area contributed by atoms with Crippen LogP contribution in [0.2, 0.25) is 0 Å². The van der Waals surface area contributed by atoms with Crippen LogP contribution in [-0.2, 0) is 20.0 Å². The molecule has 0 fully saturated rings. The van der Waals surface area contributed by atoms with E-state index in [1.165, 1.54) is 31.3 Å². The van der Waals surface area contributed by atoms with Gasteiger partial charge < -0.3 is 0 Å². The molecule has 0 atom stereocenters. The molecule has 8 heteroatoms. The van der Waals surface area contributed by atoms with E-state index in [1.807, 2.05) is 13.0 Å². The van der Waals surface area contributed by atoms with Crippen LogP contribution < -0.4 is 9.03 Å². The second-order valence-electron chi connectivity index (χ2n) is 6.71. The van der Waals surface area contributed by atoms with Gasteiger partial charge in [0.1, 0.15) is 0 Å². The van der Waals surface area contributed by atoms with Crippen LogP contribution in [0.4, 0.5) is 11.4 Å². The molecule has 0 radical (unpaired) electrons. The monoisotopic (exact) mass is 430 g/mol. The molecule has 3 rings (SSSR count). The van der Waals surface area contributed by atoms with Gasteiger partial charge in [0.05, 0.1) is 21.2 Å². The molecule has 0 spiro atoms. The highest BCUT2D eigenvalue weighted by atomic mass is 32.2. The van der Waals surface area contributed by atoms with E-state index in [0.29, 0.717) is 11.3 Å². The minimum absolute atomic E-state index is 0.00924. The molecule has 0 aliphatic heterocycles. The van der Waals surface area contributed by atoms with Gasteiger partial charge in [-0.1, -0.05) is 36.4 Å². The Hall–Kier alpha value is -2.84. The Morgan fingerprint density at radius 3 is 2.17 bits per heavy atom. The minimum Gasteiger partial charge on any atom is -0.280 e. The number of benzene rings is 3. The van der Waals surface area contributed by atoms with Crippen molar-refractivity contribution in [3.63, 3.8) is 0 Å². The molecule has 0 heterocycles. The van der Waals surface area contributed by atoms with Crippen LogP contribution >= 0.6 is 0 Å². The molecule has 0 amide bonds. The fourth-order valence-corrected chi connectivity index (χ4v) is 5.48. The van der Waals surface area contributed by atoms with Gasteiger partial charge in [-0.2, -0.15) is 0 Å². The Balaban J connectivity index is 1.95. The van der Waals surface area contributed by atoms with Crippen molar-refractivity contribution in [3.05, 3.63) is 83.9 Å². The lowest BCUT2D eigenvalue weighted by Crippen LogP contribution is -2.26. The molecule has 29 heavy (non-hydrogen) atoms. The number of aryl methyl sites for hydroxylation is 2. The topological polar surface area (TPSA) is 83.5 Å². The third-order valence-corrected chi connectivity index (χ3v) is 7.80. The van der Waals surface area contributed by atoms with Crippen molar-refractivity contribution in [2.75, 3.05) is 16.1 Å². The van der Waals surface area contributed by atoms with E-state index in [4.69, 9.17) is 0 Å². The van der Waals surface area contributed by atoms with E-state index in [2.05, 4.69) is 4.72 Å². The molecular weight excluding hydrogens is 408 g/mol. The van der Waals surface area contributed by atoms with Crippen molar-refractivity contribution >= 4 is 31.4 Å². The van der Waals surface area contributed by atoms with Gasteiger partial charge in [0.15, 0.2) is 0 Å². The van der Waals surface area contributed by atoms with E-state index in [9.17, 15) is 16.8 Å². The van der Waals surface area contributed by atoms with Crippen molar-refractivity contribution in [1.82, 2.24) is 0 Å². The maximum Gasteiger partial charge on any atom is 0.264 e. The summed E-state index contributed by atoms with van der Waals surface area (Å²) in [6.45, 7) is 3.52. The number of sulfonamides is 2. The maximum absolute atomic E-state index is 13.0. The summed E-state index contributed by atoms with van der Waals surface area (Å²) in [5, 5.41) is 0. The first kappa shape index (κ1) is 20.9. The van der Waals surface area contributed by atoms with Gasteiger partial charge >= 0.3 is 0 Å². The summed E-state index contributed by atoms with van der Waals surface area (Å²) >= 11 is 0. The summed E-state index contributed by atoms with van der Waals surface area (Å²) in [6.07, 6.45) is 0. The van der Waals surface area contributed by atoms with Crippen LogP contribution in [0.1, 0.15) is 11.1 Å². The lowest BCUT2D eigenvalue weighted by Gasteiger charge is -2.20. The van der Waals surface area contributed by atoms with Crippen molar-refractivity contribution in [2.45, 2.75) is 23.6 Å². The average Bonchev–Trinajstić information content (AvgIpc) is 2.69. The van der Waals surface area contributed by atoms with Crippen molar-refractivity contribution in [1.29, 1.82) is 0 Å². The van der Waals surface area contributed by atoms with E-state index in [0.717, 1.165) is 9.87 Å². The highest BCUT2D eigenvalue weighted by molar-refractivity contribution is 7.93. The fraction of sp³-hybridized carbons (Fsp3) is 0.143. The van der Waals surface area contributed by atoms with Crippen LogP contribution in [0, 0.1) is 13.8 Å². The van der Waals surface area contributed by atoms with Crippen LogP contribution in [-0.4, -0.2) is 23.9 Å². The third kappa shape index (κ3) is 4.44. The Morgan fingerprint density at radius 2 is 1.48 bits per heavy atom. The molecule has 152 valence electrons. The number of anilines is 2. The molecule has 0 saturated heterocycles. The number of para-hydroxylation sites is 1. The Kier molecular flexibility index (Phi) is 5.68. The van der Waals surface area contributed by atoms with E-state index < -0.39 is 20.0 Å². The summed E-state index contributed by atoms with van der Waals surface area (Å²) < 4.78 is 55.2. The zero-order valence-electron chi connectivity index (χ0n) is 16.3. The van der Waals surface area contributed by atoms with Gasteiger partial charge in [-0.3, -0.25) is 9.03 Å². The van der Waals surface area contributed by atoms with E-state index in [1.54, 1.807) is 49.4 Å². The standard InChI is InChI=1S/C21H22N2O4S2/c1-16-12-13-17(2)21(14-16)28(24,25)22-18-8-7-11-20(15-18)29(26,27)23(3)19-9-5-4-6-10-19/h4-15,22H,1-3H3. The van der Waals surface area contributed by atoms with Gasteiger partial charge in [-0.05, 0) is 61.4 Å². The Labute approximate surface area is 171 Å². The zero-order valence-corrected chi connectivity index (χ0v) is 18.0. The lowest BCUT2D eigenvalue weighted by molar-refractivity contribution is 0.593. The zero-order chi connectivity index (χ0) is 21.2. The van der Waals surface area contributed by atoms with Gasteiger partial charge in [-0.25, -0.2) is 16.8 Å². The fourth-order valence-electron chi connectivity index (χ4n) is 2.86. The van der Waals surface area contributed by atoms with E-state index >= 15 is 0 Å². The quantitative estimate of drug-likeness (QED) is 0.642. The smallest absolute Gasteiger partial charge is 0.264 e. The summed E-state index contributed by atoms with van der Waals surface area (Å²) in [4.78, 5) is 0.150. The maximum atomic E-state index is 13.0. The van der Waals surface area contributed by atoms with Crippen molar-refractivity contribution < 1.29 is 16.8 Å². The molecule has 0 aromatic heterocycles.